The lowest BCUT2D eigenvalue weighted by Crippen LogP contribution is -2.48. The largest absolute Gasteiger partial charge is 0.353 e. The van der Waals surface area contributed by atoms with Gasteiger partial charge >= 0.3 is 0 Å². The highest BCUT2D eigenvalue weighted by molar-refractivity contribution is 7.89. The molecule has 0 bridgehead atoms. The minimum Gasteiger partial charge on any atom is -0.353 e. The van der Waals surface area contributed by atoms with Gasteiger partial charge in [0.2, 0.25) is 10.0 Å². The highest BCUT2D eigenvalue weighted by Gasteiger charge is 2.27. The molecule has 1 aromatic carbocycles. The summed E-state index contributed by atoms with van der Waals surface area (Å²) in [6.45, 7) is 4.05. The van der Waals surface area contributed by atoms with Crippen LogP contribution in [0.4, 0.5) is 0 Å². The standard InChI is InChI=1S/C18H25ClN4O2S/c1-21-10-12-23(13-11-21)17(16-7-5-9-22(16)2)14-20-26(24,25)18-8-4-3-6-15(18)19/h3-9,17,20H,10-14H2,1-2H3/t17-/m1/s1. The first-order valence-electron chi connectivity index (χ1n) is 8.66. The minimum atomic E-state index is -3.67. The fraction of sp³-hybridized carbons (Fsp3) is 0.444. The molecule has 1 aromatic heterocycles. The van der Waals surface area contributed by atoms with Gasteiger partial charge in [0.05, 0.1) is 11.1 Å². The van der Waals surface area contributed by atoms with E-state index in [0.29, 0.717) is 6.54 Å². The molecule has 1 aliphatic rings. The number of hydrogen-bond acceptors (Lipinski definition) is 4. The third-order valence-corrected chi connectivity index (χ3v) is 6.82. The maximum absolute atomic E-state index is 12.7. The smallest absolute Gasteiger partial charge is 0.242 e. The Bertz CT molecular complexity index is 844. The highest BCUT2D eigenvalue weighted by Crippen LogP contribution is 2.24. The lowest BCUT2D eigenvalue weighted by molar-refractivity contribution is 0.109. The van der Waals surface area contributed by atoms with Crippen molar-refractivity contribution in [3.63, 3.8) is 0 Å². The summed E-state index contributed by atoms with van der Waals surface area (Å²) in [5, 5.41) is 0.231. The number of nitrogens with zero attached hydrogens (tertiary/aromatic N) is 3. The summed E-state index contributed by atoms with van der Waals surface area (Å²) in [5.74, 6) is 0. The van der Waals surface area contributed by atoms with Crippen molar-refractivity contribution in [2.45, 2.75) is 10.9 Å². The van der Waals surface area contributed by atoms with Crippen molar-refractivity contribution < 1.29 is 8.42 Å². The van der Waals surface area contributed by atoms with E-state index in [1.807, 2.05) is 29.9 Å². The van der Waals surface area contributed by atoms with E-state index < -0.39 is 10.0 Å². The van der Waals surface area contributed by atoms with Crippen LogP contribution in [0, 0.1) is 0 Å². The first-order valence-corrected chi connectivity index (χ1v) is 10.5. The number of benzene rings is 1. The summed E-state index contributed by atoms with van der Waals surface area (Å²) < 4.78 is 30.2. The van der Waals surface area contributed by atoms with E-state index in [4.69, 9.17) is 11.6 Å². The van der Waals surface area contributed by atoms with E-state index in [1.165, 1.54) is 6.07 Å². The molecule has 0 amide bonds. The van der Waals surface area contributed by atoms with Crippen molar-refractivity contribution in [1.29, 1.82) is 0 Å². The van der Waals surface area contributed by atoms with E-state index in [9.17, 15) is 8.42 Å². The van der Waals surface area contributed by atoms with Gasteiger partial charge in [-0.05, 0) is 31.3 Å². The van der Waals surface area contributed by atoms with Gasteiger partial charge in [-0.1, -0.05) is 23.7 Å². The molecule has 2 heterocycles. The predicted molar refractivity (Wildman–Crippen MR) is 104 cm³/mol. The molecule has 0 unspecified atom stereocenters. The lowest BCUT2D eigenvalue weighted by atomic mass is 10.1. The number of sulfonamides is 1. The Morgan fingerprint density at radius 3 is 2.38 bits per heavy atom. The molecule has 0 radical (unpaired) electrons. The number of piperazine rings is 1. The molecule has 1 aliphatic heterocycles. The van der Waals surface area contributed by atoms with E-state index >= 15 is 0 Å². The number of hydrogen-bond donors (Lipinski definition) is 1. The third-order valence-electron chi connectivity index (χ3n) is 4.90. The summed E-state index contributed by atoms with van der Waals surface area (Å²) >= 11 is 6.07. The van der Waals surface area contributed by atoms with Crippen LogP contribution in [0.3, 0.4) is 0 Å². The molecule has 0 spiro atoms. The Labute approximate surface area is 160 Å². The van der Waals surface area contributed by atoms with Crippen molar-refractivity contribution >= 4 is 21.6 Å². The average molecular weight is 397 g/mol. The maximum atomic E-state index is 12.7. The van der Waals surface area contributed by atoms with Crippen LogP contribution in [0.5, 0.6) is 0 Å². The first kappa shape index (κ1) is 19.4. The zero-order valence-corrected chi connectivity index (χ0v) is 16.7. The Morgan fingerprint density at radius 2 is 1.77 bits per heavy atom. The molecule has 1 fully saturated rings. The lowest BCUT2D eigenvalue weighted by Gasteiger charge is -2.38. The Morgan fingerprint density at radius 1 is 1.08 bits per heavy atom. The van der Waals surface area contributed by atoms with E-state index in [1.54, 1.807) is 18.2 Å². The summed E-state index contributed by atoms with van der Waals surface area (Å²) in [6, 6.07) is 10.5. The Kier molecular flexibility index (Phi) is 6.04. The van der Waals surface area contributed by atoms with Gasteiger partial charge in [-0.2, -0.15) is 0 Å². The first-order chi connectivity index (χ1) is 12.4. The van der Waals surface area contributed by atoms with Gasteiger partial charge in [0.15, 0.2) is 0 Å². The van der Waals surface area contributed by atoms with Gasteiger partial charge in [0.25, 0.3) is 0 Å². The number of halogens is 1. The molecule has 8 heteroatoms. The predicted octanol–water partition coefficient (Wildman–Crippen LogP) is 1.95. The molecule has 3 rings (SSSR count). The molecule has 1 N–H and O–H groups in total. The second kappa shape index (κ2) is 8.10. The fourth-order valence-corrected chi connectivity index (χ4v) is 4.86. The second-order valence-electron chi connectivity index (χ2n) is 6.68. The van der Waals surface area contributed by atoms with Crippen molar-refractivity contribution in [3.05, 3.63) is 53.3 Å². The van der Waals surface area contributed by atoms with Crippen molar-refractivity contribution in [2.24, 2.45) is 7.05 Å². The molecule has 6 nitrogen and oxygen atoms in total. The van der Waals surface area contributed by atoms with Crippen LogP contribution in [-0.2, 0) is 17.1 Å². The van der Waals surface area contributed by atoms with Crippen molar-refractivity contribution in [3.8, 4) is 0 Å². The third kappa shape index (κ3) is 4.29. The van der Waals surface area contributed by atoms with Crippen LogP contribution in [0.25, 0.3) is 0 Å². The quantitative estimate of drug-likeness (QED) is 0.810. The van der Waals surface area contributed by atoms with Crippen LogP contribution in [-0.4, -0.2) is 62.6 Å². The molecule has 0 aliphatic carbocycles. The van der Waals surface area contributed by atoms with Crippen molar-refractivity contribution in [1.82, 2.24) is 19.1 Å². The number of rotatable bonds is 6. The Hall–Kier alpha value is -1.38. The van der Waals surface area contributed by atoms with E-state index in [0.717, 1.165) is 31.9 Å². The summed E-state index contributed by atoms with van der Waals surface area (Å²) in [4.78, 5) is 4.74. The molecule has 0 saturated carbocycles. The summed E-state index contributed by atoms with van der Waals surface area (Å²) in [7, 11) is 0.426. The van der Waals surface area contributed by atoms with E-state index in [2.05, 4.69) is 21.6 Å². The number of likely N-dealkylation sites (N-methyl/N-ethyl adjacent to an activating group) is 1. The van der Waals surface area contributed by atoms with Gasteiger partial charge in [0, 0.05) is 51.7 Å². The number of nitrogens with one attached hydrogen (secondary N) is 1. The SMILES string of the molecule is CN1CCN([C@H](CNS(=O)(=O)c2ccccc2Cl)c2cccn2C)CC1. The zero-order chi connectivity index (χ0) is 18.7. The van der Waals surface area contributed by atoms with Crippen LogP contribution >= 0.6 is 11.6 Å². The number of aromatic nitrogens is 1. The molecule has 1 saturated heterocycles. The Balaban J connectivity index is 1.80. The molecule has 1 atom stereocenters. The maximum Gasteiger partial charge on any atom is 0.242 e. The van der Waals surface area contributed by atoms with Gasteiger partial charge in [-0.3, -0.25) is 4.90 Å². The monoisotopic (exact) mass is 396 g/mol. The molecule has 2 aromatic rings. The highest BCUT2D eigenvalue weighted by atomic mass is 35.5. The molecular formula is C18H25ClN4O2S. The van der Waals surface area contributed by atoms with Crippen LogP contribution in [0.1, 0.15) is 11.7 Å². The van der Waals surface area contributed by atoms with Crippen LogP contribution in [0.2, 0.25) is 5.02 Å². The van der Waals surface area contributed by atoms with Gasteiger partial charge in [-0.15, -0.1) is 0 Å². The molecular weight excluding hydrogens is 372 g/mol. The minimum absolute atomic E-state index is 0.0269. The summed E-state index contributed by atoms with van der Waals surface area (Å²) in [6.07, 6.45) is 1.99. The number of aryl methyl sites for hydroxylation is 1. The second-order valence-corrected chi connectivity index (χ2v) is 8.82. The van der Waals surface area contributed by atoms with Gasteiger partial charge in [-0.25, -0.2) is 13.1 Å². The average Bonchev–Trinajstić information content (AvgIpc) is 3.03. The van der Waals surface area contributed by atoms with Gasteiger partial charge in [0.1, 0.15) is 4.90 Å². The normalized spacial score (nSPS) is 18.1. The fourth-order valence-electron chi connectivity index (χ4n) is 3.30. The summed E-state index contributed by atoms with van der Waals surface area (Å²) in [5.41, 5.74) is 1.09. The van der Waals surface area contributed by atoms with Crippen LogP contribution < -0.4 is 4.72 Å². The van der Waals surface area contributed by atoms with Gasteiger partial charge < -0.3 is 9.47 Å². The van der Waals surface area contributed by atoms with E-state index in [-0.39, 0.29) is 16.0 Å². The van der Waals surface area contributed by atoms with Crippen molar-refractivity contribution in [2.75, 3.05) is 39.8 Å². The van der Waals surface area contributed by atoms with Crippen LogP contribution in [0.15, 0.2) is 47.5 Å². The zero-order valence-electron chi connectivity index (χ0n) is 15.1. The molecule has 26 heavy (non-hydrogen) atoms. The topological polar surface area (TPSA) is 57.6 Å². The molecule has 142 valence electrons.